The van der Waals surface area contributed by atoms with Crippen LogP contribution in [0.15, 0.2) is 30.4 Å². The Morgan fingerprint density at radius 2 is 1.81 bits per heavy atom. The Morgan fingerprint density at radius 1 is 1.12 bits per heavy atom. The number of allylic oxidation sites excluding steroid dienone is 1. The number of carboxylic acid groups (broad SMARTS) is 1. The van der Waals surface area contributed by atoms with Crippen molar-refractivity contribution in [2.75, 3.05) is 6.54 Å². The zero-order valence-electron chi connectivity index (χ0n) is 33.6. The van der Waals surface area contributed by atoms with E-state index >= 15 is 9.18 Å². The van der Waals surface area contributed by atoms with Gasteiger partial charge in [0.05, 0.1) is 17.3 Å². The minimum atomic E-state index is -4.11. The summed E-state index contributed by atoms with van der Waals surface area (Å²) >= 11 is 0. The Kier molecular flexibility index (Phi) is 11.4. The number of fused-ring (bicyclic) bond motifs is 3. The quantitative estimate of drug-likeness (QED) is 0.249. The van der Waals surface area contributed by atoms with Crippen LogP contribution in [0.4, 0.5) is 22.8 Å². The van der Waals surface area contributed by atoms with Gasteiger partial charge in [0.15, 0.2) is 5.60 Å². The van der Waals surface area contributed by atoms with Gasteiger partial charge in [-0.05, 0) is 89.2 Å². The smallest absolute Gasteiger partial charge is 0.408 e. The second-order valence-electron chi connectivity index (χ2n) is 17.7. The van der Waals surface area contributed by atoms with Crippen molar-refractivity contribution in [3.8, 4) is 0 Å². The lowest BCUT2D eigenvalue weighted by molar-refractivity contribution is -0.152. The second kappa shape index (κ2) is 15.4. The molecule has 0 bridgehead atoms. The molecule has 1 aromatic carbocycles. The van der Waals surface area contributed by atoms with Crippen LogP contribution in [-0.2, 0) is 35.7 Å². The first-order chi connectivity index (χ1) is 26.9. The molecule has 6 rings (SSSR count). The zero-order chi connectivity index (χ0) is 42.7. The molecule has 8 atom stereocenters. The van der Waals surface area contributed by atoms with E-state index in [1.807, 2.05) is 13.0 Å². The molecule has 58 heavy (non-hydrogen) atoms. The van der Waals surface area contributed by atoms with Gasteiger partial charge in [-0.2, -0.15) is 0 Å². The van der Waals surface area contributed by atoms with E-state index in [2.05, 4.69) is 15.4 Å². The molecule has 14 nitrogen and oxygen atoms in total. The number of ether oxygens (including phenoxy) is 1. The molecule has 0 aromatic heterocycles. The first kappa shape index (κ1) is 43.2. The van der Waals surface area contributed by atoms with Crippen molar-refractivity contribution in [3.05, 3.63) is 47.3 Å². The van der Waals surface area contributed by atoms with Crippen LogP contribution in [0.2, 0.25) is 0 Å². The number of hydrogen-bond acceptors (Lipinski definition) is 8. The monoisotopic (exact) mass is 837 g/mol. The van der Waals surface area contributed by atoms with Gasteiger partial charge in [-0.1, -0.05) is 44.6 Å². The molecule has 3 heterocycles. The van der Waals surface area contributed by atoms with Gasteiger partial charge in [0, 0.05) is 30.9 Å². The van der Waals surface area contributed by atoms with E-state index in [0.717, 1.165) is 18.7 Å². The number of carbonyl (C=O) groups excluding carboxylic acids is 4. The summed E-state index contributed by atoms with van der Waals surface area (Å²) in [6.45, 7) is 7.44. The molecule has 3 fully saturated rings. The third-order valence-electron chi connectivity index (χ3n) is 13.2. The minimum absolute atomic E-state index is 0.0307. The number of hydrogen-bond donors (Lipinski definition) is 4. The van der Waals surface area contributed by atoms with Crippen LogP contribution in [0.1, 0.15) is 110 Å². The highest BCUT2D eigenvalue weighted by Gasteiger charge is 2.63. The molecule has 5 aliphatic rings. The summed E-state index contributed by atoms with van der Waals surface area (Å²) in [5.74, 6) is -8.56. The first-order valence-electron chi connectivity index (χ1n) is 20.0. The molecule has 5 amide bonds. The number of sulfonamides is 1. The lowest BCUT2D eigenvalue weighted by Gasteiger charge is -2.36. The summed E-state index contributed by atoms with van der Waals surface area (Å²) in [5.41, 5.74) is -3.44. The zero-order valence-corrected chi connectivity index (χ0v) is 34.5. The molecule has 4 N–H and O–H groups in total. The maximum absolute atomic E-state index is 15.1. The van der Waals surface area contributed by atoms with Crippen LogP contribution in [0, 0.1) is 29.5 Å². The molecule has 1 saturated heterocycles. The normalized spacial score (nSPS) is 31.7. The Hall–Kier alpha value is -4.35. The summed E-state index contributed by atoms with van der Waals surface area (Å²) in [4.78, 5) is 72.0. The molecule has 2 aliphatic carbocycles. The molecule has 2 saturated carbocycles. The predicted molar refractivity (Wildman–Crippen MR) is 204 cm³/mol. The van der Waals surface area contributed by atoms with Crippen molar-refractivity contribution in [2.24, 2.45) is 23.7 Å². The molecule has 3 aliphatic heterocycles. The van der Waals surface area contributed by atoms with Crippen molar-refractivity contribution in [2.45, 2.75) is 139 Å². The van der Waals surface area contributed by atoms with E-state index in [0.29, 0.717) is 51.0 Å². The number of halogens is 3. The van der Waals surface area contributed by atoms with Crippen LogP contribution < -0.4 is 15.4 Å². The number of alkyl carbamates (subject to hydrolysis) is 1. The average molecular weight is 838 g/mol. The fourth-order valence-corrected chi connectivity index (χ4v) is 9.97. The highest BCUT2D eigenvalue weighted by Crippen LogP contribution is 2.49. The summed E-state index contributed by atoms with van der Waals surface area (Å²) in [6, 6.07) is 0.475. The maximum Gasteiger partial charge on any atom is 0.408 e. The summed E-state index contributed by atoms with van der Waals surface area (Å²) in [6.07, 6.45) is 3.54. The van der Waals surface area contributed by atoms with Gasteiger partial charge in [0.2, 0.25) is 21.8 Å². The molecule has 18 heteroatoms. The summed E-state index contributed by atoms with van der Waals surface area (Å²) < 4.78 is 76.7. The molecular weight excluding hydrogens is 784 g/mol. The number of nitrogens with one attached hydrogen (secondary N) is 3. The van der Waals surface area contributed by atoms with Crippen LogP contribution in [0.5, 0.6) is 0 Å². The van der Waals surface area contributed by atoms with Crippen LogP contribution in [-0.4, -0.2) is 93.7 Å². The number of carbonyl (C=O) groups is 5. The predicted octanol–water partition coefficient (Wildman–Crippen LogP) is 5.38. The second-order valence-corrected chi connectivity index (χ2v) is 19.9. The SMILES string of the molecule is CC[C@@H]1C[C@@H](C)CC/C=C\[C@@H]2C[C@@]2(C(=O)NS(=O)(=O)C2(C)CC2)NC(=O)[C@@H]2C[C@@H](C3c4cccc(F)c4CN3C(=O)O)CN2C(=O)[C@H]1NC(=O)OC(C)(C)C(C)(F)F. The third-order valence-corrected chi connectivity index (χ3v) is 15.3. The minimum Gasteiger partial charge on any atom is -0.465 e. The molecule has 1 aromatic rings. The van der Waals surface area contributed by atoms with Crippen molar-refractivity contribution < 1.29 is 55.4 Å². The van der Waals surface area contributed by atoms with E-state index in [1.54, 1.807) is 19.1 Å². The number of amides is 5. The Bertz CT molecular complexity index is 1990. The van der Waals surface area contributed by atoms with Gasteiger partial charge in [-0.25, -0.2) is 31.2 Å². The van der Waals surface area contributed by atoms with E-state index in [1.165, 1.54) is 24.0 Å². The average Bonchev–Trinajstić information content (AvgIpc) is 3.93. The number of nitrogens with zero attached hydrogens (tertiary/aromatic N) is 2. The first-order valence-corrected chi connectivity index (χ1v) is 21.4. The number of benzene rings is 1. The van der Waals surface area contributed by atoms with E-state index in [-0.39, 0.29) is 37.4 Å². The van der Waals surface area contributed by atoms with Crippen molar-refractivity contribution >= 4 is 39.9 Å². The van der Waals surface area contributed by atoms with Gasteiger partial charge in [-0.3, -0.25) is 24.0 Å². The van der Waals surface area contributed by atoms with Gasteiger partial charge in [0.1, 0.15) is 23.4 Å². The molecular formula is C40H54F3N5O9S. The fourth-order valence-electron chi connectivity index (χ4n) is 8.66. The third kappa shape index (κ3) is 8.13. The standard InChI is InChI=1S/C40H54F3N5O9S/c1-7-23-17-22(2)11-8-9-12-25-19-40(25,34(51)46-58(55,56)38(5)15-16-38)45-32(49)29-18-24(31-26-13-10-14-28(41)27(26)21-48(31)36(53)54)20-47(29)33(50)30(23)44-35(52)57-37(3,4)39(6,42)43/h9-10,12-14,22-25,29-31H,7-8,11,15-21H2,1-6H3,(H,44,52)(H,45,49)(H,46,51)(H,53,54)/b12-9-/t22-,23+,24+,25+,29-,30-,31?,40+/m0/s1. The van der Waals surface area contributed by atoms with E-state index < -0.39 is 103 Å². The van der Waals surface area contributed by atoms with E-state index in [4.69, 9.17) is 4.74 Å². The lowest BCUT2D eigenvalue weighted by Crippen LogP contribution is -2.60. The molecule has 0 spiro atoms. The van der Waals surface area contributed by atoms with Crippen LogP contribution in [0.3, 0.4) is 0 Å². The number of rotatable bonds is 8. The largest absolute Gasteiger partial charge is 0.465 e. The Balaban J connectivity index is 1.41. The highest BCUT2D eigenvalue weighted by molar-refractivity contribution is 7.91. The number of alkyl halides is 2. The lowest BCUT2D eigenvalue weighted by atomic mass is 9.85. The van der Waals surface area contributed by atoms with Gasteiger partial charge < -0.3 is 25.4 Å². The highest BCUT2D eigenvalue weighted by atomic mass is 32.2. The van der Waals surface area contributed by atoms with Gasteiger partial charge in [-0.15, -0.1) is 0 Å². The van der Waals surface area contributed by atoms with Crippen molar-refractivity contribution in [3.63, 3.8) is 0 Å². The van der Waals surface area contributed by atoms with Crippen LogP contribution in [0.25, 0.3) is 0 Å². The van der Waals surface area contributed by atoms with Crippen molar-refractivity contribution in [1.82, 2.24) is 25.2 Å². The van der Waals surface area contributed by atoms with Crippen LogP contribution >= 0.6 is 0 Å². The van der Waals surface area contributed by atoms with E-state index in [9.17, 15) is 41.5 Å². The Labute approximate surface area is 336 Å². The summed E-state index contributed by atoms with van der Waals surface area (Å²) in [7, 11) is -4.11. The topological polar surface area (TPSA) is 192 Å². The molecule has 0 radical (unpaired) electrons. The molecule has 1 unspecified atom stereocenters. The van der Waals surface area contributed by atoms with Gasteiger partial charge in [0.25, 0.3) is 11.8 Å². The fraction of sp³-hybridized carbons (Fsp3) is 0.675. The molecule has 320 valence electrons. The maximum atomic E-state index is 15.1. The van der Waals surface area contributed by atoms with Gasteiger partial charge >= 0.3 is 12.2 Å². The Morgan fingerprint density at radius 3 is 2.43 bits per heavy atom. The summed E-state index contributed by atoms with van der Waals surface area (Å²) in [5, 5.41) is 15.6. The van der Waals surface area contributed by atoms with Crippen molar-refractivity contribution in [1.29, 1.82) is 0 Å².